The van der Waals surface area contributed by atoms with Crippen LogP contribution >= 0.6 is 0 Å². The first-order valence-corrected chi connectivity index (χ1v) is 8.77. The summed E-state index contributed by atoms with van der Waals surface area (Å²) >= 11 is 0. The van der Waals surface area contributed by atoms with Crippen molar-refractivity contribution < 1.29 is 9.90 Å². The van der Waals surface area contributed by atoms with E-state index in [0.717, 1.165) is 48.3 Å². The number of nitrogens with zero attached hydrogens (tertiary/aromatic N) is 2. The number of Topliss-reactive ketones (excluding diaryl/α,β-unsaturated/α-hetero) is 1. The first-order chi connectivity index (χ1) is 11.5. The predicted molar refractivity (Wildman–Crippen MR) is 90.8 cm³/mol. The van der Waals surface area contributed by atoms with Crippen LogP contribution in [0.5, 0.6) is 0 Å². The van der Waals surface area contributed by atoms with Crippen LogP contribution in [0, 0.1) is 16.7 Å². The largest absolute Gasteiger partial charge is 0.389 e. The van der Waals surface area contributed by atoms with Gasteiger partial charge in [-0.15, -0.1) is 0 Å². The third-order valence-electron chi connectivity index (χ3n) is 5.95. The average molecular weight is 322 g/mol. The van der Waals surface area contributed by atoms with E-state index in [9.17, 15) is 15.2 Å². The summed E-state index contributed by atoms with van der Waals surface area (Å²) < 4.78 is 0. The number of likely N-dealkylation sites (tertiary alicyclic amines) is 1. The highest BCUT2D eigenvalue weighted by Gasteiger charge is 2.45. The van der Waals surface area contributed by atoms with Crippen LogP contribution in [-0.4, -0.2) is 28.9 Å². The van der Waals surface area contributed by atoms with Gasteiger partial charge in [0.15, 0.2) is 5.78 Å². The number of piperidine rings is 1. The number of carbonyl (C=O) groups excluding carboxylic acids is 1. The van der Waals surface area contributed by atoms with E-state index in [0.29, 0.717) is 5.41 Å². The van der Waals surface area contributed by atoms with E-state index in [2.05, 4.69) is 11.0 Å². The lowest BCUT2D eigenvalue weighted by Crippen LogP contribution is -2.36. The Morgan fingerprint density at radius 1 is 1.25 bits per heavy atom. The van der Waals surface area contributed by atoms with Gasteiger partial charge >= 0.3 is 0 Å². The molecule has 1 aliphatic heterocycles. The van der Waals surface area contributed by atoms with Gasteiger partial charge in [-0.05, 0) is 55.2 Å². The topological polar surface area (TPSA) is 64.3 Å². The van der Waals surface area contributed by atoms with Crippen molar-refractivity contribution in [2.24, 2.45) is 5.41 Å². The second kappa shape index (κ2) is 5.46. The molecule has 1 spiro atoms. The number of aliphatic hydroxyl groups excluding tert-OH is 1. The summed E-state index contributed by atoms with van der Waals surface area (Å²) in [7, 11) is 0. The van der Waals surface area contributed by atoms with E-state index in [1.165, 1.54) is 12.8 Å². The van der Waals surface area contributed by atoms with E-state index in [1.54, 1.807) is 6.92 Å². The van der Waals surface area contributed by atoms with Gasteiger partial charge in [0.25, 0.3) is 0 Å². The van der Waals surface area contributed by atoms with Crippen LogP contribution in [0.15, 0.2) is 23.8 Å². The highest BCUT2D eigenvalue weighted by Crippen LogP contribution is 2.54. The first kappa shape index (κ1) is 15.4. The van der Waals surface area contributed by atoms with E-state index in [-0.39, 0.29) is 17.8 Å². The Kier molecular flexibility index (Phi) is 3.51. The summed E-state index contributed by atoms with van der Waals surface area (Å²) in [4.78, 5) is 14.7. The molecule has 1 atom stereocenters. The van der Waals surface area contributed by atoms with Gasteiger partial charge in [0.2, 0.25) is 0 Å². The second-order valence-corrected chi connectivity index (χ2v) is 7.51. The molecule has 1 aromatic rings. The minimum Gasteiger partial charge on any atom is -0.389 e. The molecule has 2 fully saturated rings. The van der Waals surface area contributed by atoms with Crippen LogP contribution in [0.3, 0.4) is 0 Å². The fourth-order valence-electron chi connectivity index (χ4n) is 4.08. The minimum atomic E-state index is -0.559. The van der Waals surface area contributed by atoms with Crippen molar-refractivity contribution in [3.63, 3.8) is 0 Å². The second-order valence-electron chi connectivity index (χ2n) is 7.51. The van der Waals surface area contributed by atoms with Gasteiger partial charge < -0.3 is 10.0 Å². The molecule has 0 bridgehead atoms. The number of nitriles is 1. The van der Waals surface area contributed by atoms with Gasteiger partial charge in [0, 0.05) is 25.1 Å². The van der Waals surface area contributed by atoms with Crippen LogP contribution in [0.4, 0.5) is 0 Å². The van der Waals surface area contributed by atoms with Gasteiger partial charge in [0.1, 0.15) is 11.6 Å². The lowest BCUT2D eigenvalue weighted by atomic mass is 9.85. The number of fused-ring (bicyclic) bond motifs is 1. The van der Waals surface area contributed by atoms with Crippen molar-refractivity contribution in [2.75, 3.05) is 13.1 Å². The van der Waals surface area contributed by atoms with E-state index < -0.39 is 6.10 Å². The van der Waals surface area contributed by atoms with Crippen LogP contribution in [0.1, 0.15) is 55.4 Å². The molecule has 124 valence electrons. The standard InChI is InChI=1S/C20H22N2O2/c1-13(23)14-2-3-15-11-18(24)17(12-21)19(16(15)10-14)22-8-6-20(4-5-20)7-9-22/h2-3,10,13,23H,4-9,11H2,1H3. The molecule has 1 unspecified atom stereocenters. The summed E-state index contributed by atoms with van der Waals surface area (Å²) in [6.45, 7) is 3.56. The van der Waals surface area contributed by atoms with Crippen LogP contribution in [0.25, 0.3) is 5.70 Å². The summed E-state index contributed by atoms with van der Waals surface area (Å²) in [5, 5.41) is 19.5. The van der Waals surface area contributed by atoms with Crippen molar-refractivity contribution in [3.05, 3.63) is 40.5 Å². The molecule has 1 saturated heterocycles. The van der Waals surface area contributed by atoms with Gasteiger partial charge in [0.05, 0.1) is 11.8 Å². The van der Waals surface area contributed by atoms with Gasteiger partial charge in [-0.3, -0.25) is 4.79 Å². The smallest absolute Gasteiger partial charge is 0.179 e. The minimum absolute atomic E-state index is 0.0866. The van der Waals surface area contributed by atoms with Crippen molar-refractivity contribution >= 4 is 11.5 Å². The molecular weight excluding hydrogens is 300 g/mol. The number of carbonyl (C=O) groups is 1. The number of aliphatic hydroxyl groups is 1. The number of hydrogen-bond donors (Lipinski definition) is 1. The molecule has 4 rings (SSSR count). The van der Waals surface area contributed by atoms with Gasteiger partial charge in [-0.1, -0.05) is 12.1 Å². The Bertz CT molecular complexity index is 771. The van der Waals surface area contributed by atoms with Crippen LogP contribution in [0.2, 0.25) is 0 Å². The highest BCUT2D eigenvalue weighted by molar-refractivity contribution is 6.09. The molecule has 0 aromatic heterocycles. The van der Waals surface area contributed by atoms with E-state index in [4.69, 9.17) is 0 Å². The third-order valence-corrected chi connectivity index (χ3v) is 5.95. The number of hydrogen-bond acceptors (Lipinski definition) is 4. The maximum Gasteiger partial charge on any atom is 0.179 e. The maximum atomic E-state index is 12.4. The molecule has 1 N–H and O–H groups in total. The fraction of sp³-hybridized carbons (Fsp3) is 0.500. The molecule has 2 aliphatic carbocycles. The molecule has 1 heterocycles. The Morgan fingerprint density at radius 3 is 2.54 bits per heavy atom. The number of rotatable bonds is 2. The van der Waals surface area contributed by atoms with Crippen molar-refractivity contribution in [1.29, 1.82) is 5.26 Å². The molecule has 3 aliphatic rings. The van der Waals surface area contributed by atoms with E-state index in [1.807, 2.05) is 18.2 Å². The third kappa shape index (κ3) is 2.44. The molecule has 4 nitrogen and oxygen atoms in total. The summed E-state index contributed by atoms with van der Waals surface area (Å²) in [6, 6.07) is 7.91. The quantitative estimate of drug-likeness (QED) is 0.909. The van der Waals surface area contributed by atoms with Crippen LogP contribution < -0.4 is 0 Å². The zero-order valence-corrected chi connectivity index (χ0v) is 14.0. The summed E-state index contributed by atoms with van der Waals surface area (Å²) in [5.74, 6) is -0.0866. The summed E-state index contributed by atoms with van der Waals surface area (Å²) in [5.41, 5.74) is 4.38. The fourth-order valence-corrected chi connectivity index (χ4v) is 4.08. The number of ketones is 1. The summed E-state index contributed by atoms with van der Waals surface area (Å²) in [6.07, 6.45) is 4.67. The predicted octanol–water partition coefficient (Wildman–Crippen LogP) is 2.98. The zero-order chi connectivity index (χ0) is 16.9. The van der Waals surface area contributed by atoms with Crippen LogP contribution in [-0.2, 0) is 11.2 Å². The molecule has 0 radical (unpaired) electrons. The molecule has 4 heteroatoms. The normalized spacial score (nSPS) is 23.0. The first-order valence-electron chi connectivity index (χ1n) is 8.77. The SMILES string of the molecule is CC(O)c1ccc2c(c1)C(N1CCC3(CC1)CC3)=C(C#N)C(=O)C2. The average Bonchev–Trinajstić information content (AvgIpc) is 3.33. The Balaban J connectivity index is 1.78. The molecular formula is C20H22N2O2. The van der Waals surface area contributed by atoms with Gasteiger partial charge in [-0.2, -0.15) is 5.26 Å². The van der Waals surface area contributed by atoms with Crippen molar-refractivity contribution in [1.82, 2.24) is 4.90 Å². The lowest BCUT2D eigenvalue weighted by Gasteiger charge is -2.37. The molecule has 24 heavy (non-hydrogen) atoms. The highest BCUT2D eigenvalue weighted by atomic mass is 16.3. The molecule has 0 amide bonds. The van der Waals surface area contributed by atoms with Crippen molar-refractivity contribution in [2.45, 2.75) is 45.1 Å². The zero-order valence-electron chi connectivity index (χ0n) is 14.0. The van der Waals surface area contributed by atoms with E-state index >= 15 is 0 Å². The van der Waals surface area contributed by atoms with Crippen molar-refractivity contribution in [3.8, 4) is 6.07 Å². The number of benzene rings is 1. The number of allylic oxidation sites excluding steroid dienone is 1. The maximum absolute atomic E-state index is 12.4. The van der Waals surface area contributed by atoms with Gasteiger partial charge in [-0.25, -0.2) is 0 Å². The Morgan fingerprint density at radius 2 is 1.96 bits per heavy atom. The Hall–Kier alpha value is -2.12. The monoisotopic (exact) mass is 322 g/mol. The molecule has 1 saturated carbocycles. The Labute approximate surface area is 142 Å². The lowest BCUT2D eigenvalue weighted by molar-refractivity contribution is -0.114. The molecule has 1 aromatic carbocycles.